The number of fused-ring (bicyclic) bond motifs is 2. The van der Waals surface area contributed by atoms with Crippen LogP contribution >= 0.6 is 0 Å². The molecule has 236 valence electrons. The zero-order valence-corrected chi connectivity index (χ0v) is 26.1. The maximum absolute atomic E-state index is 13.6. The maximum Gasteiger partial charge on any atom is 0.354 e. The van der Waals surface area contributed by atoms with E-state index in [1.165, 1.54) is 4.57 Å². The highest BCUT2D eigenvalue weighted by molar-refractivity contribution is 5.97. The van der Waals surface area contributed by atoms with E-state index in [4.69, 9.17) is 15.2 Å². The van der Waals surface area contributed by atoms with Crippen LogP contribution in [0.4, 0.5) is 11.6 Å². The fourth-order valence-corrected chi connectivity index (χ4v) is 6.76. The largest absolute Gasteiger partial charge is 0.496 e. The number of aromatic nitrogens is 6. The van der Waals surface area contributed by atoms with E-state index in [9.17, 15) is 9.59 Å². The normalized spacial score (nSPS) is 17.2. The smallest absolute Gasteiger partial charge is 0.354 e. The Balaban J connectivity index is 1.23. The van der Waals surface area contributed by atoms with Crippen LogP contribution in [0.5, 0.6) is 11.5 Å². The number of pyridine rings is 2. The van der Waals surface area contributed by atoms with E-state index in [1.54, 1.807) is 56.6 Å². The van der Waals surface area contributed by atoms with E-state index < -0.39 is 11.4 Å². The topological polar surface area (TPSA) is 152 Å². The van der Waals surface area contributed by atoms with Crippen molar-refractivity contribution in [3.8, 4) is 22.9 Å². The van der Waals surface area contributed by atoms with Crippen LogP contribution in [0.2, 0.25) is 0 Å². The Hall–Kier alpha value is -5.78. The number of rotatable bonds is 8. The third-order valence-corrected chi connectivity index (χ3v) is 9.27. The van der Waals surface area contributed by atoms with Gasteiger partial charge in [0, 0.05) is 19.4 Å². The van der Waals surface area contributed by atoms with Crippen molar-refractivity contribution in [1.82, 2.24) is 29.1 Å². The Morgan fingerprint density at radius 1 is 0.787 bits per heavy atom. The number of nitrogens with zero attached hydrogens (tertiary/aromatic N) is 6. The summed E-state index contributed by atoms with van der Waals surface area (Å²) in [5.41, 5.74) is 11.0. The molecule has 0 bridgehead atoms. The predicted molar refractivity (Wildman–Crippen MR) is 179 cm³/mol. The molecule has 2 aromatic carbocycles. The van der Waals surface area contributed by atoms with Gasteiger partial charge in [0.05, 0.1) is 59.8 Å². The number of nitrogen functional groups attached to an aromatic ring is 1. The molecule has 0 saturated heterocycles. The van der Waals surface area contributed by atoms with Crippen LogP contribution in [0.3, 0.4) is 0 Å². The number of hydrogen-bond donors (Lipinski definition) is 2. The molecule has 0 spiro atoms. The van der Waals surface area contributed by atoms with Gasteiger partial charge < -0.3 is 20.5 Å². The average molecular weight is 629 g/mol. The number of benzene rings is 2. The summed E-state index contributed by atoms with van der Waals surface area (Å²) >= 11 is 0. The fraction of sp³-hybridized carbons (Fsp3) is 0.257. The molecule has 47 heavy (non-hydrogen) atoms. The van der Waals surface area contributed by atoms with Gasteiger partial charge in [-0.1, -0.05) is 0 Å². The summed E-state index contributed by atoms with van der Waals surface area (Å²) in [6.45, 7) is 0. The lowest BCUT2D eigenvalue weighted by Gasteiger charge is -2.17. The van der Waals surface area contributed by atoms with Crippen LogP contribution in [0, 0.1) is 0 Å². The van der Waals surface area contributed by atoms with Gasteiger partial charge in [-0.05, 0) is 96.2 Å². The monoisotopic (exact) mass is 628 g/mol. The van der Waals surface area contributed by atoms with E-state index in [0.717, 1.165) is 46.9 Å². The van der Waals surface area contributed by atoms with E-state index in [1.807, 2.05) is 24.4 Å². The molecule has 4 heterocycles. The quantitative estimate of drug-likeness (QED) is 0.243. The van der Waals surface area contributed by atoms with Gasteiger partial charge in [-0.2, -0.15) is 9.97 Å². The van der Waals surface area contributed by atoms with E-state index in [-0.39, 0.29) is 17.7 Å². The second kappa shape index (κ2) is 10.9. The number of nitrogens with two attached hydrogens (primary N) is 1. The molecule has 0 amide bonds. The van der Waals surface area contributed by atoms with Gasteiger partial charge in [-0.25, -0.2) is 9.59 Å². The summed E-state index contributed by atoms with van der Waals surface area (Å²) < 4.78 is 14.7. The minimum Gasteiger partial charge on any atom is -0.496 e. The number of nitrogens with one attached hydrogen (secondary N) is 1. The van der Waals surface area contributed by atoms with Crippen molar-refractivity contribution in [1.29, 1.82) is 0 Å². The summed E-state index contributed by atoms with van der Waals surface area (Å²) in [4.78, 5) is 43.9. The molecular formula is C35H32N8O4. The fourth-order valence-electron chi connectivity index (χ4n) is 6.76. The molecule has 2 fully saturated rings. The van der Waals surface area contributed by atoms with Crippen LogP contribution < -0.4 is 31.9 Å². The molecule has 12 nitrogen and oxygen atoms in total. The second-order valence-electron chi connectivity index (χ2n) is 12.1. The standard InChI is InChI=1S/C35H32N8O4/c1-37-33-31-27(10-19(18-6-7-18)12-29(31)47-3)43(35(45)41-33)23-9-21(15-39-17-23)25-14-24(25)20-11-26-30(28(13-20)46-2)32(36)40-34(44)42(26)22-5-4-8-38-16-22/h4-5,8-13,15-18,24-25H,6-7,14H2,1-3H3,(H2,36,40,44)(H,37,41,45). The highest BCUT2D eigenvalue weighted by Gasteiger charge is 2.41. The van der Waals surface area contributed by atoms with Gasteiger partial charge in [0.15, 0.2) is 0 Å². The van der Waals surface area contributed by atoms with E-state index in [0.29, 0.717) is 45.5 Å². The summed E-state index contributed by atoms with van der Waals surface area (Å²) in [5.74, 6) is 2.49. The third kappa shape index (κ3) is 4.75. The lowest BCUT2D eigenvalue weighted by atomic mass is 10.0. The molecule has 2 atom stereocenters. The number of ether oxygens (including phenoxy) is 2. The molecule has 0 radical (unpaired) electrons. The van der Waals surface area contributed by atoms with E-state index >= 15 is 0 Å². The molecule has 2 saturated carbocycles. The average Bonchev–Trinajstić information content (AvgIpc) is 4.02. The predicted octanol–water partition coefficient (Wildman–Crippen LogP) is 4.66. The van der Waals surface area contributed by atoms with Crippen LogP contribution in [-0.4, -0.2) is 50.3 Å². The second-order valence-corrected chi connectivity index (χ2v) is 12.1. The highest BCUT2D eigenvalue weighted by atomic mass is 16.5. The maximum atomic E-state index is 13.6. The van der Waals surface area contributed by atoms with Gasteiger partial charge >= 0.3 is 11.4 Å². The van der Waals surface area contributed by atoms with Gasteiger partial charge in [0.1, 0.15) is 23.1 Å². The highest BCUT2D eigenvalue weighted by Crippen LogP contribution is 2.56. The van der Waals surface area contributed by atoms with Crippen molar-refractivity contribution < 1.29 is 9.47 Å². The molecule has 2 aliphatic rings. The van der Waals surface area contributed by atoms with Gasteiger partial charge in [0.2, 0.25) is 0 Å². The lowest BCUT2D eigenvalue weighted by molar-refractivity contribution is 0.419. The number of anilines is 2. The Labute approximate surface area is 268 Å². The summed E-state index contributed by atoms with van der Waals surface area (Å²) in [6.07, 6.45) is 9.88. The minimum atomic E-state index is -0.497. The Bertz CT molecular complexity index is 2330. The zero-order valence-electron chi connectivity index (χ0n) is 26.1. The molecule has 3 N–H and O–H groups in total. The SMILES string of the molecule is CNc1nc(=O)n(-c2cncc(C3CC3c3cc(OC)c4c(N)nc(=O)n(-c5cccnc5)c4c3)c2)c2cc(C3CC3)cc(OC)c12. The first-order valence-corrected chi connectivity index (χ1v) is 15.5. The first-order chi connectivity index (χ1) is 22.9. The zero-order chi connectivity index (χ0) is 32.4. The first-order valence-electron chi connectivity index (χ1n) is 15.5. The van der Waals surface area contributed by atoms with Gasteiger partial charge in [-0.15, -0.1) is 0 Å². The molecule has 2 unspecified atom stereocenters. The molecule has 6 aromatic rings. The number of hydrogen-bond acceptors (Lipinski definition) is 10. The third-order valence-electron chi connectivity index (χ3n) is 9.27. The lowest BCUT2D eigenvalue weighted by Crippen LogP contribution is -2.23. The van der Waals surface area contributed by atoms with Crippen LogP contribution in [0.1, 0.15) is 53.7 Å². The molecular weight excluding hydrogens is 596 g/mol. The van der Waals surface area contributed by atoms with Crippen molar-refractivity contribution >= 4 is 33.4 Å². The molecule has 12 heteroatoms. The van der Waals surface area contributed by atoms with Gasteiger partial charge in [0.25, 0.3) is 0 Å². The Morgan fingerprint density at radius 3 is 2.17 bits per heavy atom. The van der Waals surface area contributed by atoms with Crippen LogP contribution in [0.25, 0.3) is 33.2 Å². The molecule has 2 aliphatic carbocycles. The molecule has 0 aliphatic heterocycles. The van der Waals surface area contributed by atoms with Crippen LogP contribution in [-0.2, 0) is 0 Å². The van der Waals surface area contributed by atoms with Crippen molar-refractivity contribution in [3.63, 3.8) is 0 Å². The molecule has 8 rings (SSSR count). The van der Waals surface area contributed by atoms with Crippen molar-refractivity contribution in [2.75, 3.05) is 32.3 Å². The molecule has 4 aromatic heterocycles. The van der Waals surface area contributed by atoms with Crippen LogP contribution in [0.15, 0.2) is 76.8 Å². The van der Waals surface area contributed by atoms with E-state index in [2.05, 4.69) is 37.4 Å². The van der Waals surface area contributed by atoms with Gasteiger partial charge in [-0.3, -0.25) is 19.1 Å². The van der Waals surface area contributed by atoms with Crippen molar-refractivity contribution in [3.05, 3.63) is 105 Å². The summed E-state index contributed by atoms with van der Waals surface area (Å²) in [7, 11) is 4.96. The van der Waals surface area contributed by atoms with Crippen molar-refractivity contribution in [2.45, 2.75) is 37.0 Å². The Morgan fingerprint density at radius 2 is 1.45 bits per heavy atom. The Kier molecular flexibility index (Phi) is 6.67. The van der Waals surface area contributed by atoms with Crippen molar-refractivity contribution in [2.24, 2.45) is 0 Å². The summed E-state index contributed by atoms with van der Waals surface area (Å²) in [5, 5.41) is 4.37. The number of methoxy groups -OCH3 is 2. The first kappa shape index (κ1) is 28.7. The summed E-state index contributed by atoms with van der Waals surface area (Å²) in [6, 6.07) is 13.7. The minimum absolute atomic E-state index is 0.106.